The maximum absolute atomic E-state index is 12.0. The van der Waals surface area contributed by atoms with E-state index < -0.39 is 0 Å². The van der Waals surface area contributed by atoms with Crippen molar-refractivity contribution in [3.63, 3.8) is 0 Å². The largest absolute Gasteiger partial charge is 0.353 e. The minimum absolute atomic E-state index is 0. The van der Waals surface area contributed by atoms with Crippen molar-refractivity contribution in [3.8, 4) is 0 Å². The van der Waals surface area contributed by atoms with Crippen LogP contribution in [0, 0.1) is 5.92 Å². The molecule has 0 aliphatic carbocycles. The predicted molar refractivity (Wildman–Crippen MR) is 97.5 cm³/mol. The summed E-state index contributed by atoms with van der Waals surface area (Å²) in [6.07, 6.45) is 4.98. The summed E-state index contributed by atoms with van der Waals surface area (Å²) >= 11 is 3.48. The molecule has 1 aromatic rings. The van der Waals surface area contributed by atoms with Crippen LogP contribution in [0.4, 0.5) is 0 Å². The third-order valence-electron chi connectivity index (χ3n) is 4.08. The van der Waals surface area contributed by atoms with Crippen LogP contribution in [0.5, 0.6) is 0 Å². The van der Waals surface area contributed by atoms with Crippen LogP contribution in [-0.4, -0.2) is 25.0 Å². The molecule has 1 aliphatic heterocycles. The van der Waals surface area contributed by atoms with Gasteiger partial charge in [-0.3, -0.25) is 4.79 Å². The van der Waals surface area contributed by atoms with Crippen LogP contribution in [-0.2, 0) is 11.2 Å². The van der Waals surface area contributed by atoms with E-state index in [-0.39, 0.29) is 24.4 Å². The van der Waals surface area contributed by atoms with Crippen LogP contribution >= 0.6 is 28.3 Å². The first-order chi connectivity index (χ1) is 10.1. The fraction of sp³-hybridized carbons (Fsp3) is 0.588. The summed E-state index contributed by atoms with van der Waals surface area (Å²) < 4.78 is 1.09. The Bertz CT molecular complexity index is 464. The maximum Gasteiger partial charge on any atom is 0.220 e. The third-order valence-corrected chi connectivity index (χ3v) is 4.57. The van der Waals surface area contributed by atoms with Gasteiger partial charge in [-0.1, -0.05) is 28.1 Å². The number of hydrogen-bond donors (Lipinski definition) is 2. The number of nitrogens with one attached hydrogen (secondary N) is 2. The van der Waals surface area contributed by atoms with Crippen LogP contribution in [0.15, 0.2) is 28.7 Å². The van der Waals surface area contributed by atoms with E-state index in [9.17, 15) is 4.79 Å². The molecule has 22 heavy (non-hydrogen) atoms. The molecule has 0 bridgehead atoms. The molecule has 0 saturated carbocycles. The highest BCUT2D eigenvalue weighted by Crippen LogP contribution is 2.17. The Hall–Kier alpha value is -0.580. The molecule has 2 rings (SSSR count). The van der Waals surface area contributed by atoms with Crippen molar-refractivity contribution in [2.24, 2.45) is 5.92 Å². The molecular weight excluding hydrogens is 364 g/mol. The van der Waals surface area contributed by atoms with Crippen molar-refractivity contribution in [1.82, 2.24) is 10.6 Å². The number of benzene rings is 1. The highest BCUT2D eigenvalue weighted by atomic mass is 79.9. The Kier molecular flexibility index (Phi) is 9.06. The third kappa shape index (κ3) is 7.12. The molecule has 1 aromatic carbocycles. The number of halogens is 2. The summed E-state index contributed by atoms with van der Waals surface area (Å²) in [5.74, 6) is 0.911. The Morgan fingerprint density at radius 2 is 2.14 bits per heavy atom. The Morgan fingerprint density at radius 1 is 1.41 bits per heavy atom. The first-order valence-corrected chi connectivity index (χ1v) is 8.67. The van der Waals surface area contributed by atoms with Crippen molar-refractivity contribution in [2.75, 3.05) is 13.1 Å². The zero-order valence-corrected chi connectivity index (χ0v) is 15.5. The van der Waals surface area contributed by atoms with E-state index in [2.05, 4.69) is 45.6 Å². The molecule has 124 valence electrons. The van der Waals surface area contributed by atoms with Gasteiger partial charge in [-0.2, -0.15) is 0 Å². The van der Waals surface area contributed by atoms with Gasteiger partial charge in [0.2, 0.25) is 5.91 Å². The minimum Gasteiger partial charge on any atom is -0.353 e. The van der Waals surface area contributed by atoms with Gasteiger partial charge in [0.05, 0.1) is 0 Å². The van der Waals surface area contributed by atoms with Crippen molar-refractivity contribution in [2.45, 2.75) is 45.1 Å². The van der Waals surface area contributed by atoms with Crippen LogP contribution in [0.25, 0.3) is 0 Å². The SMILES string of the molecule is CC(Cc1cccc(Br)c1)NC(=O)CCC1CCNCC1.Cl. The van der Waals surface area contributed by atoms with Crippen molar-refractivity contribution >= 4 is 34.2 Å². The molecule has 1 heterocycles. The van der Waals surface area contributed by atoms with E-state index in [1.165, 1.54) is 18.4 Å². The quantitative estimate of drug-likeness (QED) is 0.779. The predicted octanol–water partition coefficient (Wildman–Crippen LogP) is 3.70. The maximum atomic E-state index is 12.0. The number of amides is 1. The van der Waals surface area contributed by atoms with Crippen LogP contribution in [0.1, 0.15) is 38.2 Å². The average molecular weight is 390 g/mol. The first-order valence-electron chi connectivity index (χ1n) is 7.88. The first kappa shape index (κ1) is 19.5. The monoisotopic (exact) mass is 388 g/mol. The fourth-order valence-corrected chi connectivity index (χ4v) is 3.37. The van der Waals surface area contributed by atoms with Crippen molar-refractivity contribution in [1.29, 1.82) is 0 Å². The van der Waals surface area contributed by atoms with Crippen molar-refractivity contribution < 1.29 is 4.79 Å². The summed E-state index contributed by atoms with van der Waals surface area (Å²) in [5, 5.41) is 6.48. The smallest absolute Gasteiger partial charge is 0.220 e. The summed E-state index contributed by atoms with van der Waals surface area (Å²) in [5.41, 5.74) is 1.25. The van der Waals surface area contributed by atoms with Gasteiger partial charge in [0.15, 0.2) is 0 Å². The summed E-state index contributed by atoms with van der Waals surface area (Å²) in [6.45, 7) is 4.28. The number of hydrogen-bond acceptors (Lipinski definition) is 2. The van der Waals surface area contributed by atoms with E-state index >= 15 is 0 Å². The lowest BCUT2D eigenvalue weighted by Crippen LogP contribution is -2.35. The normalized spacial score (nSPS) is 16.6. The molecule has 1 amide bonds. The molecule has 0 aromatic heterocycles. The second-order valence-corrected chi connectivity index (χ2v) is 6.95. The van der Waals surface area contributed by atoms with Gasteiger partial charge in [0, 0.05) is 16.9 Å². The Balaban J connectivity index is 0.00000242. The minimum atomic E-state index is 0. The summed E-state index contributed by atoms with van der Waals surface area (Å²) in [7, 11) is 0. The van der Waals surface area contributed by atoms with Gasteiger partial charge in [-0.05, 0) is 69.3 Å². The molecule has 0 spiro atoms. The second-order valence-electron chi connectivity index (χ2n) is 6.03. The van der Waals surface area contributed by atoms with Crippen LogP contribution < -0.4 is 10.6 Å². The highest BCUT2D eigenvalue weighted by Gasteiger charge is 2.15. The standard InChI is InChI=1S/C17H25BrN2O.ClH/c1-13(11-15-3-2-4-16(18)12-15)20-17(21)6-5-14-7-9-19-10-8-14;/h2-4,12-14,19H,5-11H2,1H3,(H,20,21);1H. The molecular formula is C17H26BrClN2O. The lowest BCUT2D eigenvalue weighted by molar-refractivity contribution is -0.122. The molecule has 3 nitrogen and oxygen atoms in total. The van der Waals surface area contributed by atoms with Gasteiger partial charge in [-0.25, -0.2) is 0 Å². The summed E-state index contributed by atoms with van der Waals surface area (Å²) in [4.78, 5) is 12.0. The second kappa shape index (κ2) is 10.2. The van der Waals surface area contributed by atoms with Gasteiger partial charge in [0.25, 0.3) is 0 Å². The van der Waals surface area contributed by atoms with E-state index in [0.717, 1.165) is 36.3 Å². The number of carbonyl (C=O) groups is 1. The zero-order valence-electron chi connectivity index (χ0n) is 13.1. The Morgan fingerprint density at radius 3 is 2.82 bits per heavy atom. The lowest BCUT2D eigenvalue weighted by Gasteiger charge is -2.22. The van der Waals surface area contributed by atoms with Crippen LogP contribution in [0.2, 0.25) is 0 Å². The van der Waals surface area contributed by atoms with Gasteiger partial charge in [-0.15, -0.1) is 12.4 Å². The average Bonchev–Trinajstić information content (AvgIpc) is 2.46. The van der Waals surface area contributed by atoms with E-state index in [1.54, 1.807) is 0 Å². The van der Waals surface area contributed by atoms with Gasteiger partial charge >= 0.3 is 0 Å². The molecule has 0 radical (unpaired) electrons. The number of carbonyl (C=O) groups excluding carboxylic acids is 1. The highest BCUT2D eigenvalue weighted by molar-refractivity contribution is 9.10. The molecule has 1 fully saturated rings. The van der Waals surface area contributed by atoms with Gasteiger partial charge < -0.3 is 10.6 Å². The lowest BCUT2D eigenvalue weighted by atomic mass is 9.93. The molecule has 1 saturated heterocycles. The zero-order chi connectivity index (χ0) is 15.1. The van der Waals surface area contributed by atoms with Gasteiger partial charge in [0.1, 0.15) is 0 Å². The van der Waals surface area contributed by atoms with E-state index in [0.29, 0.717) is 6.42 Å². The molecule has 1 unspecified atom stereocenters. The number of rotatable bonds is 6. The Labute approximate surface area is 148 Å². The fourth-order valence-electron chi connectivity index (χ4n) is 2.92. The molecule has 2 N–H and O–H groups in total. The van der Waals surface area contributed by atoms with Crippen molar-refractivity contribution in [3.05, 3.63) is 34.3 Å². The molecule has 1 atom stereocenters. The van der Waals surface area contributed by atoms with E-state index in [4.69, 9.17) is 0 Å². The number of piperidine rings is 1. The molecule has 1 aliphatic rings. The van der Waals surface area contributed by atoms with Crippen LogP contribution in [0.3, 0.4) is 0 Å². The molecule has 5 heteroatoms. The topological polar surface area (TPSA) is 41.1 Å². The summed E-state index contributed by atoms with van der Waals surface area (Å²) in [6, 6.07) is 8.44. The van der Waals surface area contributed by atoms with E-state index in [1.807, 2.05) is 12.1 Å².